The third-order valence-electron chi connectivity index (χ3n) is 6.84. The molecule has 1 aliphatic carbocycles. The Labute approximate surface area is 192 Å². The molecule has 2 aromatic rings. The number of guanidine groups is 1. The van der Waals surface area contributed by atoms with E-state index in [-0.39, 0.29) is 6.10 Å². The van der Waals surface area contributed by atoms with Crippen molar-refractivity contribution in [2.24, 2.45) is 10.9 Å². The van der Waals surface area contributed by atoms with Gasteiger partial charge in [-0.1, -0.05) is 44.0 Å². The summed E-state index contributed by atoms with van der Waals surface area (Å²) in [5, 5.41) is 17.1. The van der Waals surface area contributed by atoms with E-state index >= 15 is 0 Å². The van der Waals surface area contributed by atoms with Crippen LogP contribution in [0.1, 0.15) is 55.9 Å². The second-order valence-electron chi connectivity index (χ2n) is 9.38. The summed E-state index contributed by atoms with van der Waals surface area (Å²) in [6.07, 6.45) is 8.34. The molecule has 6 heteroatoms. The number of aliphatic hydroxyl groups excluding tert-OH is 1. The van der Waals surface area contributed by atoms with Crippen molar-refractivity contribution in [2.75, 3.05) is 19.6 Å². The lowest BCUT2D eigenvalue weighted by Crippen LogP contribution is -2.47. The predicted octanol–water partition coefficient (Wildman–Crippen LogP) is 3.70. The molecule has 2 fully saturated rings. The smallest absolute Gasteiger partial charge is 0.191 e. The summed E-state index contributed by atoms with van der Waals surface area (Å²) in [6.45, 7) is 6.36. The molecule has 0 spiro atoms. The Morgan fingerprint density at radius 2 is 1.97 bits per heavy atom. The number of nitrogens with one attached hydrogen (secondary N) is 2. The molecule has 1 saturated carbocycles. The van der Waals surface area contributed by atoms with Crippen LogP contribution < -0.4 is 10.6 Å². The first kappa shape index (κ1) is 22.9. The van der Waals surface area contributed by atoms with E-state index in [0.717, 1.165) is 50.7 Å². The standard InChI is InChI=1S/C26H38N4O2/c1-20-7-2-5-11-25(20)29-26(27-14-12-24-10-6-16-32-24)28-17-21-8-3-4-9-22(21)18-30-15-13-23(31)19-30/h3-4,6,8-10,16,20,23,25,31H,2,5,7,11-15,17-19H2,1H3,(H2,27,28,29). The highest BCUT2D eigenvalue weighted by Crippen LogP contribution is 2.23. The molecule has 1 aliphatic heterocycles. The van der Waals surface area contributed by atoms with Gasteiger partial charge >= 0.3 is 0 Å². The van der Waals surface area contributed by atoms with Gasteiger partial charge in [0, 0.05) is 38.6 Å². The monoisotopic (exact) mass is 438 g/mol. The van der Waals surface area contributed by atoms with Crippen molar-refractivity contribution in [3.05, 3.63) is 59.5 Å². The van der Waals surface area contributed by atoms with E-state index in [4.69, 9.17) is 9.41 Å². The van der Waals surface area contributed by atoms with Gasteiger partial charge in [-0.2, -0.15) is 0 Å². The molecule has 0 amide bonds. The SMILES string of the molecule is CC1CCCCC1NC(=NCc1ccccc1CN1CCC(O)C1)NCCc1ccco1. The third-order valence-corrected chi connectivity index (χ3v) is 6.84. The highest BCUT2D eigenvalue weighted by atomic mass is 16.3. The van der Waals surface area contributed by atoms with Crippen LogP contribution >= 0.6 is 0 Å². The lowest BCUT2D eigenvalue weighted by atomic mass is 9.86. The summed E-state index contributed by atoms with van der Waals surface area (Å²) in [5.74, 6) is 2.54. The summed E-state index contributed by atoms with van der Waals surface area (Å²) in [5.41, 5.74) is 2.55. The fourth-order valence-corrected chi connectivity index (χ4v) is 4.84. The van der Waals surface area contributed by atoms with E-state index in [1.165, 1.54) is 36.8 Å². The summed E-state index contributed by atoms with van der Waals surface area (Å²) >= 11 is 0. The number of rotatable bonds is 8. The molecule has 2 aliphatic rings. The molecule has 2 heterocycles. The number of β-amino-alcohol motifs (C(OH)–C–C–N with tert-alkyl or cyclic N) is 1. The van der Waals surface area contributed by atoms with E-state index < -0.39 is 0 Å². The van der Waals surface area contributed by atoms with E-state index in [9.17, 15) is 5.11 Å². The predicted molar refractivity (Wildman–Crippen MR) is 128 cm³/mol. The molecule has 6 nitrogen and oxygen atoms in total. The van der Waals surface area contributed by atoms with E-state index in [2.05, 4.69) is 46.7 Å². The van der Waals surface area contributed by atoms with Gasteiger partial charge in [-0.25, -0.2) is 4.99 Å². The van der Waals surface area contributed by atoms with Crippen LogP contribution in [0, 0.1) is 5.92 Å². The molecule has 3 atom stereocenters. The van der Waals surface area contributed by atoms with Crippen molar-refractivity contribution in [2.45, 2.75) is 70.7 Å². The maximum absolute atomic E-state index is 9.86. The third kappa shape index (κ3) is 6.59. The van der Waals surface area contributed by atoms with Gasteiger partial charge in [-0.3, -0.25) is 4.90 Å². The van der Waals surface area contributed by atoms with Crippen molar-refractivity contribution >= 4 is 5.96 Å². The summed E-state index contributed by atoms with van der Waals surface area (Å²) in [4.78, 5) is 7.32. The van der Waals surface area contributed by atoms with Crippen LogP contribution in [0.25, 0.3) is 0 Å². The van der Waals surface area contributed by atoms with Crippen molar-refractivity contribution in [3.8, 4) is 0 Å². The largest absolute Gasteiger partial charge is 0.469 e. The number of aliphatic imine (C=N–C) groups is 1. The summed E-state index contributed by atoms with van der Waals surface area (Å²) in [6, 6.07) is 13.0. The zero-order valence-corrected chi connectivity index (χ0v) is 19.3. The second kappa shape index (κ2) is 11.5. The van der Waals surface area contributed by atoms with Crippen molar-refractivity contribution < 1.29 is 9.52 Å². The minimum Gasteiger partial charge on any atom is -0.469 e. The molecule has 0 bridgehead atoms. The Kier molecular flexibility index (Phi) is 8.24. The number of furan rings is 1. The lowest BCUT2D eigenvalue weighted by Gasteiger charge is -2.31. The highest BCUT2D eigenvalue weighted by molar-refractivity contribution is 5.80. The maximum atomic E-state index is 9.86. The van der Waals surface area contributed by atoms with E-state index in [1.807, 2.05) is 12.1 Å². The molecule has 3 N–H and O–H groups in total. The minimum absolute atomic E-state index is 0.188. The topological polar surface area (TPSA) is 73.0 Å². The molecule has 32 heavy (non-hydrogen) atoms. The highest BCUT2D eigenvalue weighted by Gasteiger charge is 2.23. The number of likely N-dealkylation sites (tertiary alicyclic amines) is 1. The summed E-state index contributed by atoms with van der Waals surface area (Å²) in [7, 11) is 0. The first-order valence-electron chi connectivity index (χ1n) is 12.2. The van der Waals surface area contributed by atoms with Crippen LogP contribution in [-0.4, -0.2) is 47.7 Å². The van der Waals surface area contributed by atoms with Gasteiger partial charge in [0.15, 0.2) is 5.96 Å². The number of hydrogen-bond donors (Lipinski definition) is 3. The van der Waals surface area contributed by atoms with Gasteiger partial charge in [0.1, 0.15) is 5.76 Å². The Balaban J connectivity index is 1.42. The quantitative estimate of drug-likeness (QED) is 0.433. The van der Waals surface area contributed by atoms with Crippen LogP contribution in [0.2, 0.25) is 0 Å². The van der Waals surface area contributed by atoms with Crippen molar-refractivity contribution in [1.29, 1.82) is 0 Å². The first-order chi connectivity index (χ1) is 15.7. The molecular weight excluding hydrogens is 400 g/mol. The molecule has 3 unspecified atom stereocenters. The normalized spacial score (nSPS) is 24.6. The molecule has 1 saturated heterocycles. The molecule has 1 aromatic heterocycles. The number of hydrogen-bond acceptors (Lipinski definition) is 4. The summed E-state index contributed by atoms with van der Waals surface area (Å²) < 4.78 is 5.48. The fourth-order valence-electron chi connectivity index (χ4n) is 4.84. The van der Waals surface area contributed by atoms with Gasteiger partial charge in [0.2, 0.25) is 0 Å². The Morgan fingerprint density at radius 1 is 1.12 bits per heavy atom. The van der Waals surface area contributed by atoms with Gasteiger partial charge in [0.25, 0.3) is 0 Å². The van der Waals surface area contributed by atoms with E-state index in [0.29, 0.717) is 18.5 Å². The van der Waals surface area contributed by atoms with Gasteiger partial charge in [0.05, 0.1) is 18.9 Å². The number of aliphatic hydroxyl groups is 1. The first-order valence-corrected chi connectivity index (χ1v) is 12.2. The molecular formula is C26H38N4O2. The van der Waals surface area contributed by atoms with Crippen molar-refractivity contribution in [1.82, 2.24) is 15.5 Å². The lowest BCUT2D eigenvalue weighted by molar-refractivity contribution is 0.174. The Bertz CT molecular complexity index is 851. The minimum atomic E-state index is -0.188. The maximum Gasteiger partial charge on any atom is 0.191 e. The second-order valence-corrected chi connectivity index (χ2v) is 9.38. The fraction of sp³-hybridized carbons (Fsp3) is 0.577. The number of benzene rings is 1. The van der Waals surface area contributed by atoms with Crippen LogP contribution in [-0.2, 0) is 19.5 Å². The van der Waals surface area contributed by atoms with Crippen LogP contribution in [0.5, 0.6) is 0 Å². The van der Waals surface area contributed by atoms with Crippen LogP contribution in [0.4, 0.5) is 0 Å². The molecule has 174 valence electrons. The average molecular weight is 439 g/mol. The zero-order chi connectivity index (χ0) is 22.2. The Hall–Kier alpha value is -2.31. The Morgan fingerprint density at radius 3 is 2.72 bits per heavy atom. The van der Waals surface area contributed by atoms with Crippen molar-refractivity contribution in [3.63, 3.8) is 0 Å². The van der Waals surface area contributed by atoms with E-state index in [1.54, 1.807) is 6.26 Å². The van der Waals surface area contributed by atoms with Crippen LogP contribution in [0.3, 0.4) is 0 Å². The van der Waals surface area contributed by atoms with Gasteiger partial charge in [-0.05, 0) is 48.4 Å². The molecule has 4 rings (SSSR count). The van der Waals surface area contributed by atoms with Gasteiger partial charge in [-0.15, -0.1) is 0 Å². The zero-order valence-electron chi connectivity index (χ0n) is 19.3. The van der Waals surface area contributed by atoms with Crippen LogP contribution in [0.15, 0.2) is 52.1 Å². The molecule has 0 radical (unpaired) electrons. The van der Waals surface area contributed by atoms with Gasteiger partial charge < -0.3 is 20.2 Å². The molecule has 1 aromatic carbocycles. The number of nitrogens with zero attached hydrogens (tertiary/aromatic N) is 2. The average Bonchev–Trinajstić information content (AvgIpc) is 3.46.